The molecular formula is C32H39N5O4. The van der Waals surface area contributed by atoms with Gasteiger partial charge in [-0.25, -0.2) is 14.8 Å². The topological polar surface area (TPSA) is 85.4 Å². The number of nitrogens with zero attached hydrogens (tertiary/aromatic N) is 4. The first-order chi connectivity index (χ1) is 19.9. The van der Waals surface area contributed by atoms with Crippen molar-refractivity contribution in [1.29, 1.82) is 0 Å². The first-order valence-corrected chi connectivity index (χ1v) is 13.9. The van der Waals surface area contributed by atoms with Gasteiger partial charge < -0.3 is 19.9 Å². The zero-order chi connectivity index (χ0) is 29.2. The second-order valence-corrected chi connectivity index (χ2v) is 10.3. The number of carbonyl (C=O) groups is 3. The van der Waals surface area contributed by atoms with Crippen molar-refractivity contribution in [3.8, 4) is 5.75 Å². The second kappa shape index (κ2) is 14.3. The van der Waals surface area contributed by atoms with E-state index >= 15 is 0 Å². The molecule has 0 radical (unpaired) electrons. The lowest BCUT2D eigenvalue weighted by atomic mass is 10.1. The summed E-state index contributed by atoms with van der Waals surface area (Å²) in [6.07, 6.45) is 1.15. The summed E-state index contributed by atoms with van der Waals surface area (Å²) in [6.45, 7) is 3.34. The molecule has 1 N–H and O–H groups in total. The lowest BCUT2D eigenvalue weighted by molar-refractivity contribution is -0.178. The van der Waals surface area contributed by atoms with E-state index in [9.17, 15) is 14.4 Å². The number of fused-ring (bicyclic) bond motifs is 1. The van der Waals surface area contributed by atoms with Gasteiger partial charge in [0, 0.05) is 20.1 Å². The fraction of sp³-hybridized carbons (Fsp3) is 0.344. The van der Waals surface area contributed by atoms with E-state index in [1.54, 1.807) is 29.1 Å². The molecule has 2 aliphatic rings. The van der Waals surface area contributed by atoms with Crippen molar-refractivity contribution in [3.05, 3.63) is 102 Å². The van der Waals surface area contributed by atoms with Gasteiger partial charge >= 0.3 is 6.03 Å². The number of methoxy groups -OCH3 is 1. The molecule has 3 aromatic carbocycles. The molecule has 2 saturated heterocycles. The number of hydrogen-bond acceptors (Lipinski definition) is 5. The summed E-state index contributed by atoms with van der Waals surface area (Å²) < 4.78 is 5.17. The molecule has 0 spiro atoms. The molecule has 41 heavy (non-hydrogen) atoms. The maximum Gasteiger partial charge on any atom is 0.334 e. The van der Waals surface area contributed by atoms with Crippen LogP contribution in [0.3, 0.4) is 0 Å². The summed E-state index contributed by atoms with van der Waals surface area (Å²) in [5.41, 5.74) is 3.48. The molecule has 0 saturated carbocycles. The standard InChI is InChI=1S/C25H31N5O4.C7H8/c1-27-17-24(32)29-18-23(31)28(14-6-9-19-7-4-3-5-8-19)16-22(29)30(27)25(33)26-15-20-10-12-21(34-2)13-11-20;1-7-5-3-2-4-6-7/h3-5,7-8,10-13,22H,6,9,14-18H2,1-2H3,(H,26,33);2-6H,1H3. The van der Waals surface area contributed by atoms with Crippen molar-refractivity contribution in [1.82, 2.24) is 25.1 Å². The minimum Gasteiger partial charge on any atom is -0.497 e. The number of ether oxygens (including phenoxy) is 1. The Morgan fingerprint density at radius 3 is 2.15 bits per heavy atom. The number of hydrazine groups is 1. The van der Waals surface area contributed by atoms with Gasteiger partial charge in [0.05, 0.1) is 20.2 Å². The Morgan fingerprint density at radius 1 is 0.878 bits per heavy atom. The van der Waals surface area contributed by atoms with Crippen LogP contribution < -0.4 is 10.1 Å². The fourth-order valence-electron chi connectivity index (χ4n) is 4.96. The molecule has 4 amide bonds. The van der Waals surface area contributed by atoms with E-state index < -0.39 is 6.17 Å². The molecule has 3 aromatic rings. The number of hydrogen-bond donors (Lipinski definition) is 1. The van der Waals surface area contributed by atoms with Gasteiger partial charge in [0.1, 0.15) is 18.5 Å². The van der Waals surface area contributed by atoms with Gasteiger partial charge in [-0.1, -0.05) is 78.4 Å². The van der Waals surface area contributed by atoms with E-state index in [1.807, 2.05) is 60.7 Å². The van der Waals surface area contributed by atoms with Gasteiger partial charge in [-0.05, 0) is 43.0 Å². The number of nitrogens with one attached hydrogen (secondary N) is 1. The lowest BCUT2D eigenvalue weighted by Gasteiger charge is -2.51. The van der Waals surface area contributed by atoms with Crippen molar-refractivity contribution >= 4 is 17.8 Å². The number of piperazine rings is 1. The van der Waals surface area contributed by atoms with Crippen LogP contribution in [0.2, 0.25) is 0 Å². The van der Waals surface area contributed by atoms with E-state index in [4.69, 9.17) is 4.74 Å². The van der Waals surface area contributed by atoms with Crippen LogP contribution in [0.5, 0.6) is 5.75 Å². The number of carbonyl (C=O) groups excluding carboxylic acids is 3. The van der Waals surface area contributed by atoms with E-state index in [0.29, 0.717) is 19.6 Å². The maximum absolute atomic E-state index is 13.2. The van der Waals surface area contributed by atoms with Gasteiger partial charge in [-0.3, -0.25) is 9.59 Å². The molecule has 1 unspecified atom stereocenters. The Bertz CT molecular complexity index is 1290. The summed E-state index contributed by atoms with van der Waals surface area (Å²) >= 11 is 0. The van der Waals surface area contributed by atoms with Crippen LogP contribution in [0.15, 0.2) is 84.9 Å². The summed E-state index contributed by atoms with van der Waals surface area (Å²) in [4.78, 5) is 41.8. The lowest BCUT2D eigenvalue weighted by Crippen LogP contribution is -2.73. The molecule has 0 aliphatic carbocycles. The monoisotopic (exact) mass is 557 g/mol. The largest absolute Gasteiger partial charge is 0.497 e. The number of aryl methyl sites for hydroxylation is 2. The average molecular weight is 558 g/mol. The van der Waals surface area contributed by atoms with E-state index in [-0.39, 0.29) is 30.9 Å². The predicted molar refractivity (Wildman–Crippen MR) is 158 cm³/mol. The zero-order valence-electron chi connectivity index (χ0n) is 24.0. The molecule has 0 bridgehead atoms. The molecule has 0 aromatic heterocycles. The second-order valence-electron chi connectivity index (χ2n) is 10.3. The van der Waals surface area contributed by atoms with Gasteiger partial charge in [0.25, 0.3) is 0 Å². The highest BCUT2D eigenvalue weighted by Crippen LogP contribution is 2.22. The summed E-state index contributed by atoms with van der Waals surface area (Å²) in [5, 5.41) is 6.13. The van der Waals surface area contributed by atoms with Gasteiger partial charge in [-0.15, -0.1) is 0 Å². The first kappa shape index (κ1) is 29.6. The Labute approximate surface area is 242 Å². The third-order valence-corrected chi connectivity index (χ3v) is 7.22. The van der Waals surface area contributed by atoms with Crippen molar-refractivity contribution in [2.24, 2.45) is 0 Å². The molecule has 216 valence electrons. The molecule has 9 heteroatoms. The molecule has 2 aliphatic heterocycles. The minimum atomic E-state index is -0.531. The highest BCUT2D eigenvalue weighted by atomic mass is 16.5. The Kier molecular flexibility index (Phi) is 10.3. The van der Waals surface area contributed by atoms with E-state index in [0.717, 1.165) is 24.2 Å². The summed E-state index contributed by atoms with van der Waals surface area (Å²) in [6, 6.07) is 27.6. The molecule has 9 nitrogen and oxygen atoms in total. The molecular weight excluding hydrogens is 518 g/mol. The van der Waals surface area contributed by atoms with Gasteiger partial charge in [0.15, 0.2) is 0 Å². The third kappa shape index (κ3) is 8.08. The maximum atomic E-state index is 13.2. The van der Waals surface area contributed by atoms with Crippen LogP contribution in [0.1, 0.15) is 23.1 Å². The number of benzene rings is 3. The number of likely N-dealkylation sites (N-methyl/N-ethyl adjacent to an activating group) is 1. The van der Waals surface area contributed by atoms with Crippen molar-refractivity contribution in [2.45, 2.75) is 32.5 Å². The Balaban J connectivity index is 0.000000483. The van der Waals surface area contributed by atoms with E-state index in [2.05, 4.69) is 36.5 Å². The predicted octanol–water partition coefficient (Wildman–Crippen LogP) is 3.69. The van der Waals surface area contributed by atoms with Gasteiger partial charge in [-0.2, -0.15) is 0 Å². The van der Waals surface area contributed by atoms with Crippen molar-refractivity contribution in [3.63, 3.8) is 0 Å². The zero-order valence-corrected chi connectivity index (χ0v) is 24.0. The first-order valence-electron chi connectivity index (χ1n) is 13.9. The minimum absolute atomic E-state index is 0.00899. The molecule has 5 rings (SSSR count). The molecule has 1 atom stereocenters. The van der Waals surface area contributed by atoms with E-state index in [1.165, 1.54) is 16.0 Å². The fourth-order valence-corrected chi connectivity index (χ4v) is 4.96. The highest BCUT2D eigenvalue weighted by Gasteiger charge is 2.45. The number of urea groups is 1. The van der Waals surface area contributed by atoms with Crippen molar-refractivity contribution in [2.75, 3.05) is 40.3 Å². The highest BCUT2D eigenvalue weighted by molar-refractivity contribution is 5.89. The van der Waals surface area contributed by atoms with Crippen LogP contribution in [0.25, 0.3) is 0 Å². The Morgan fingerprint density at radius 2 is 1.54 bits per heavy atom. The number of amides is 4. The average Bonchev–Trinajstić information content (AvgIpc) is 2.98. The van der Waals surface area contributed by atoms with Gasteiger partial charge in [0.2, 0.25) is 11.8 Å². The smallest absolute Gasteiger partial charge is 0.334 e. The third-order valence-electron chi connectivity index (χ3n) is 7.22. The van der Waals surface area contributed by atoms with Crippen LogP contribution in [0, 0.1) is 6.92 Å². The number of rotatable bonds is 7. The summed E-state index contributed by atoms with van der Waals surface area (Å²) in [7, 11) is 3.33. The summed E-state index contributed by atoms with van der Waals surface area (Å²) in [5.74, 6) is 0.518. The molecule has 2 fully saturated rings. The Hall–Kier alpha value is -4.37. The quantitative estimate of drug-likeness (QED) is 0.479. The van der Waals surface area contributed by atoms with Crippen LogP contribution in [-0.4, -0.2) is 84.2 Å². The van der Waals surface area contributed by atoms with Crippen molar-refractivity contribution < 1.29 is 19.1 Å². The normalized spacial score (nSPS) is 17.0. The van der Waals surface area contributed by atoms with Crippen LogP contribution >= 0.6 is 0 Å². The molecule has 2 heterocycles. The van der Waals surface area contributed by atoms with Crippen LogP contribution in [0.4, 0.5) is 4.79 Å². The SMILES string of the molecule is COc1ccc(CNC(=O)N2C3CN(CCCc4ccccc4)C(=O)CN3C(=O)CN2C)cc1.Cc1ccccc1. The van der Waals surface area contributed by atoms with Crippen LogP contribution in [-0.2, 0) is 22.6 Å².